The first-order valence-electron chi connectivity index (χ1n) is 6.98. The lowest BCUT2D eigenvalue weighted by atomic mass is 10.0. The summed E-state index contributed by atoms with van der Waals surface area (Å²) in [7, 11) is 0. The predicted molar refractivity (Wildman–Crippen MR) is 77.4 cm³/mol. The molecule has 2 heterocycles. The molecule has 0 aromatic carbocycles. The Morgan fingerprint density at radius 1 is 1.43 bits per heavy atom. The maximum atomic E-state index is 12.6. The number of carbonyl (C=O) groups is 2. The van der Waals surface area contributed by atoms with E-state index in [1.165, 1.54) is 11.1 Å². The van der Waals surface area contributed by atoms with Gasteiger partial charge in [-0.05, 0) is 19.3 Å². The Labute approximate surface area is 128 Å². The number of carbonyl (C=O) groups excluding carboxylic acids is 1. The van der Waals surface area contributed by atoms with Crippen molar-refractivity contribution in [2.45, 2.75) is 45.1 Å². The molecule has 0 aliphatic carbocycles. The smallest absolute Gasteiger partial charge is 0.326 e. The second kappa shape index (κ2) is 6.39. The number of rotatable bonds is 3. The number of carboxylic acid groups (broad SMARTS) is 1. The average molecular weight is 312 g/mol. The van der Waals surface area contributed by atoms with Crippen LogP contribution in [0.1, 0.15) is 55.3 Å². The zero-order valence-corrected chi connectivity index (χ0v) is 12.8. The van der Waals surface area contributed by atoms with Crippen molar-refractivity contribution in [3.8, 4) is 0 Å². The van der Waals surface area contributed by atoms with Gasteiger partial charge in [0.05, 0.1) is 11.2 Å². The van der Waals surface area contributed by atoms with Gasteiger partial charge in [-0.1, -0.05) is 25.4 Å². The summed E-state index contributed by atoms with van der Waals surface area (Å²) in [5.74, 6) is -0.842. The summed E-state index contributed by atoms with van der Waals surface area (Å²) in [6.45, 7) is 4.24. The van der Waals surface area contributed by atoms with Gasteiger partial charge >= 0.3 is 5.97 Å². The second-order valence-electron chi connectivity index (χ2n) is 5.43. The zero-order valence-electron chi connectivity index (χ0n) is 12.0. The number of nitrogens with zero attached hydrogens (tertiary/aromatic N) is 3. The van der Waals surface area contributed by atoms with Crippen molar-refractivity contribution >= 4 is 23.5 Å². The number of likely N-dealkylation sites (tertiary alicyclic amines) is 1. The molecule has 21 heavy (non-hydrogen) atoms. The molecule has 0 saturated carbocycles. The number of halogens is 1. The minimum atomic E-state index is -0.989. The standard InChI is InChI=1S/C14H18ClN3O3/c1-8(2)12-16-7-9(15)11(17-12)13(19)18-6-4-3-5-10(18)14(20)21/h7-8,10H,3-6H2,1-2H3,(H,20,21)/t10-/m0/s1. The van der Waals surface area contributed by atoms with Crippen LogP contribution in [0.4, 0.5) is 0 Å². The molecule has 7 heteroatoms. The first-order chi connectivity index (χ1) is 9.91. The van der Waals surface area contributed by atoms with E-state index in [4.69, 9.17) is 11.6 Å². The number of hydrogen-bond donors (Lipinski definition) is 1. The zero-order chi connectivity index (χ0) is 15.6. The summed E-state index contributed by atoms with van der Waals surface area (Å²) in [6.07, 6.45) is 3.45. The van der Waals surface area contributed by atoms with Gasteiger partial charge in [0.1, 0.15) is 11.9 Å². The highest BCUT2D eigenvalue weighted by Crippen LogP contribution is 2.23. The number of aromatic nitrogens is 2. The van der Waals surface area contributed by atoms with Crippen LogP contribution >= 0.6 is 11.6 Å². The van der Waals surface area contributed by atoms with E-state index in [2.05, 4.69) is 9.97 Å². The van der Waals surface area contributed by atoms with Gasteiger partial charge in [-0.15, -0.1) is 0 Å². The Balaban J connectivity index is 2.34. The molecule has 6 nitrogen and oxygen atoms in total. The molecule has 1 aliphatic heterocycles. The summed E-state index contributed by atoms with van der Waals surface area (Å²) in [6, 6.07) is -0.806. The van der Waals surface area contributed by atoms with Gasteiger partial charge in [-0.2, -0.15) is 0 Å². The third-order valence-electron chi connectivity index (χ3n) is 3.53. The third kappa shape index (κ3) is 3.32. The van der Waals surface area contributed by atoms with Crippen LogP contribution in [0.5, 0.6) is 0 Å². The van der Waals surface area contributed by atoms with Crippen LogP contribution in [-0.4, -0.2) is 44.4 Å². The maximum absolute atomic E-state index is 12.6. The molecule has 0 spiro atoms. The van der Waals surface area contributed by atoms with Gasteiger partial charge in [0.2, 0.25) is 0 Å². The molecule has 1 N–H and O–H groups in total. The normalized spacial score (nSPS) is 18.9. The SMILES string of the molecule is CC(C)c1ncc(Cl)c(C(=O)N2CCCC[C@H]2C(=O)O)n1. The molecule has 0 radical (unpaired) electrons. The number of aliphatic carboxylic acids is 1. The van der Waals surface area contributed by atoms with E-state index in [1.807, 2.05) is 13.8 Å². The number of piperidine rings is 1. The molecule has 1 aromatic heterocycles. The van der Waals surface area contributed by atoms with Gasteiger partial charge in [0.15, 0.2) is 5.69 Å². The topological polar surface area (TPSA) is 83.4 Å². The fourth-order valence-electron chi connectivity index (χ4n) is 2.38. The van der Waals surface area contributed by atoms with E-state index < -0.39 is 17.9 Å². The van der Waals surface area contributed by atoms with Gasteiger partial charge < -0.3 is 10.0 Å². The fraction of sp³-hybridized carbons (Fsp3) is 0.571. The number of hydrogen-bond acceptors (Lipinski definition) is 4. The monoisotopic (exact) mass is 311 g/mol. The van der Waals surface area contributed by atoms with Crippen molar-refractivity contribution in [1.82, 2.24) is 14.9 Å². The van der Waals surface area contributed by atoms with Crippen LogP contribution in [-0.2, 0) is 4.79 Å². The van der Waals surface area contributed by atoms with Crippen molar-refractivity contribution in [3.05, 3.63) is 22.7 Å². The lowest BCUT2D eigenvalue weighted by Gasteiger charge is -2.32. The first kappa shape index (κ1) is 15.7. The highest BCUT2D eigenvalue weighted by molar-refractivity contribution is 6.33. The Morgan fingerprint density at radius 2 is 2.14 bits per heavy atom. The minimum absolute atomic E-state index is 0.0606. The van der Waals surface area contributed by atoms with Crippen molar-refractivity contribution in [2.75, 3.05) is 6.54 Å². The maximum Gasteiger partial charge on any atom is 0.326 e. The van der Waals surface area contributed by atoms with E-state index in [9.17, 15) is 14.7 Å². The van der Waals surface area contributed by atoms with Crippen LogP contribution in [0.3, 0.4) is 0 Å². The summed E-state index contributed by atoms with van der Waals surface area (Å²) in [4.78, 5) is 33.6. The van der Waals surface area contributed by atoms with E-state index in [0.29, 0.717) is 18.8 Å². The van der Waals surface area contributed by atoms with E-state index in [-0.39, 0.29) is 16.6 Å². The molecule has 1 fully saturated rings. The van der Waals surface area contributed by atoms with E-state index >= 15 is 0 Å². The second-order valence-corrected chi connectivity index (χ2v) is 5.84. The number of carboxylic acids is 1. The lowest BCUT2D eigenvalue weighted by Crippen LogP contribution is -2.48. The first-order valence-corrected chi connectivity index (χ1v) is 7.35. The molecule has 1 aliphatic rings. The van der Waals surface area contributed by atoms with Crippen molar-refractivity contribution in [2.24, 2.45) is 0 Å². The van der Waals surface area contributed by atoms with Gasteiger partial charge in [-0.25, -0.2) is 14.8 Å². The average Bonchev–Trinajstić information content (AvgIpc) is 2.46. The summed E-state index contributed by atoms with van der Waals surface area (Å²) >= 11 is 6.02. The van der Waals surface area contributed by atoms with Gasteiger partial charge in [-0.3, -0.25) is 4.79 Å². The van der Waals surface area contributed by atoms with Crippen LogP contribution in [0, 0.1) is 0 Å². The molecule has 1 amide bonds. The van der Waals surface area contributed by atoms with Crippen molar-refractivity contribution in [1.29, 1.82) is 0 Å². The molecule has 1 aromatic rings. The molecular formula is C14H18ClN3O3. The Kier molecular flexibility index (Phi) is 4.77. The quantitative estimate of drug-likeness (QED) is 0.926. The third-order valence-corrected chi connectivity index (χ3v) is 3.81. The van der Waals surface area contributed by atoms with Crippen LogP contribution in [0.25, 0.3) is 0 Å². The summed E-state index contributed by atoms with van der Waals surface area (Å²) in [5.41, 5.74) is 0.0866. The molecule has 0 bridgehead atoms. The molecule has 1 saturated heterocycles. The van der Waals surface area contributed by atoms with Crippen LogP contribution < -0.4 is 0 Å². The molecule has 1 atom stereocenters. The van der Waals surface area contributed by atoms with E-state index in [0.717, 1.165) is 12.8 Å². The number of amides is 1. The molecule has 114 valence electrons. The largest absolute Gasteiger partial charge is 0.480 e. The lowest BCUT2D eigenvalue weighted by molar-refractivity contribution is -0.143. The molecular weight excluding hydrogens is 294 g/mol. The van der Waals surface area contributed by atoms with Gasteiger partial charge in [0.25, 0.3) is 5.91 Å². The summed E-state index contributed by atoms with van der Waals surface area (Å²) in [5, 5.41) is 9.41. The van der Waals surface area contributed by atoms with Crippen LogP contribution in [0.15, 0.2) is 6.20 Å². The Morgan fingerprint density at radius 3 is 2.76 bits per heavy atom. The van der Waals surface area contributed by atoms with Crippen molar-refractivity contribution in [3.63, 3.8) is 0 Å². The predicted octanol–water partition coefficient (Wildman–Crippen LogP) is 2.33. The minimum Gasteiger partial charge on any atom is -0.480 e. The van der Waals surface area contributed by atoms with Crippen LogP contribution in [0.2, 0.25) is 5.02 Å². The molecule has 2 rings (SSSR count). The Bertz CT molecular complexity index is 562. The highest BCUT2D eigenvalue weighted by Gasteiger charge is 2.34. The van der Waals surface area contributed by atoms with Gasteiger partial charge in [0, 0.05) is 12.5 Å². The van der Waals surface area contributed by atoms with Crippen molar-refractivity contribution < 1.29 is 14.7 Å². The Hall–Kier alpha value is -1.69. The van der Waals surface area contributed by atoms with E-state index in [1.54, 1.807) is 0 Å². The highest BCUT2D eigenvalue weighted by atomic mass is 35.5. The fourth-order valence-corrected chi connectivity index (χ4v) is 2.55. The molecule has 0 unspecified atom stereocenters. The summed E-state index contributed by atoms with van der Waals surface area (Å²) < 4.78 is 0.